The highest BCUT2D eigenvalue weighted by Crippen LogP contribution is 2.13. The minimum Gasteiger partial charge on any atom is -0.294 e. The fraction of sp³-hybridized carbons (Fsp3) is 0.375. The molecule has 0 aliphatic carbocycles. The van der Waals surface area contributed by atoms with E-state index in [1.54, 1.807) is 0 Å². The van der Waals surface area contributed by atoms with Crippen LogP contribution in [-0.2, 0) is 4.79 Å². The van der Waals surface area contributed by atoms with E-state index < -0.39 is 11.9 Å². The fourth-order valence-corrected chi connectivity index (χ4v) is 0.690. The second-order valence-corrected chi connectivity index (χ2v) is 2.01. The molecule has 62 valence electrons. The van der Waals surface area contributed by atoms with Gasteiger partial charge in [0.05, 0.1) is 5.57 Å². The number of Topliss-reactive ketones (excluding diaryl/α,β-unsaturated/α-hetero) is 1. The Hall–Kier alpha value is -0.990. The molecule has 3 heteroatoms. The summed E-state index contributed by atoms with van der Waals surface area (Å²) >= 11 is 0. The van der Waals surface area contributed by atoms with Gasteiger partial charge in [0.2, 0.25) is 0 Å². The SMILES string of the molecule is C=CCC(=O)C(CC)=C(F)F. The maximum atomic E-state index is 11.9. The topological polar surface area (TPSA) is 17.1 Å². The Labute approximate surface area is 64.4 Å². The number of carbonyl (C=O) groups is 1. The van der Waals surface area contributed by atoms with E-state index in [1.807, 2.05) is 0 Å². The smallest absolute Gasteiger partial charge is 0.277 e. The van der Waals surface area contributed by atoms with Crippen LogP contribution < -0.4 is 0 Å². The van der Waals surface area contributed by atoms with Crippen LogP contribution >= 0.6 is 0 Å². The number of hydrogen-bond donors (Lipinski definition) is 0. The van der Waals surface area contributed by atoms with Crippen molar-refractivity contribution in [3.05, 3.63) is 24.3 Å². The highest BCUT2D eigenvalue weighted by atomic mass is 19.3. The van der Waals surface area contributed by atoms with E-state index in [0.717, 1.165) is 0 Å². The third-order valence-corrected chi connectivity index (χ3v) is 1.25. The number of allylic oxidation sites excluding steroid dienone is 2. The molecule has 0 N–H and O–H groups in total. The van der Waals surface area contributed by atoms with E-state index in [4.69, 9.17) is 0 Å². The van der Waals surface area contributed by atoms with Crippen LogP contribution in [0.2, 0.25) is 0 Å². The molecule has 0 aliphatic rings. The van der Waals surface area contributed by atoms with Gasteiger partial charge in [-0.1, -0.05) is 13.0 Å². The summed E-state index contributed by atoms with van der Waals surface area (Å²) in [6.45, 7) is 4.81. The number of halogens is 2. The highest BCUT2D eigenvalue weighted by Gasteiger charge is 2.11. The summed E-state index contributed by atoms with van der Waals surface area (Å²) < 4.78 is 23.8. The minimum atomic E-state index is -1.88. The van der Waals surface area contributed by atoms with Gasteiger partial charge < -0.3 is 0 Å². The van der Waals surface area contributed by atoms with Gasteiger partial charge in [-0.25, -0.2) is 0 Å². The summed E-state index contributed by atoms with van der Waals surface area (Å²) in [5, 5.41) is 0. The Balaban J connectivity index is 4.40. The molecule has 0 rings (SSSR count). The van der Waals surface area contributed by atoms with Crippen molar-refractivity contribution >= 4 is 5.78 Å². The average Bonchev–Trinajstić information content (AvgIpc) is 1.88. The molecule has 0 fully saturated rings. The quantitative estimate of drug-likeness (QED) is 0.456. The van der Waals surface area contributed by atoms with Crippen LogP contribution in [-0.4, -0.2) is 5.78 Å². The number of ketones is 1. The van der Waals surface area contributed by atoms with Gasteiger partial charge in [0.1, 0.15) is 0 Å². The number of hydrogen-bond acceptors (Lipinski definition) is 1. The first kappa shape index (κ1) is 10.0. The Kier molecular flexibility index (Phi) is 4.34. The van der Waals surface area contributed by atoms with Gasteiger partial charge in [0.15, 0.2) is 5.78 Å². The molecule has 0 atom stereocenters. The molecule has 0 aromatic heterocycles. The van der Waals surface area contributed by atoms with Gasteiger partial charge in [-0.15, -0.1) is 6.58 Å². The molecule has 0 amide bonds. The molecule has 0 saturated heterocycles. The predicted molar refractivity (Wildman–Crippen MR) is 39.4 cm³/mol. The molecule has 0 aromatic carbocycles. The van der Waals surface area contributed by atoms with Crippen LogP contribution in [0.3, 0.4) is 0 Å². The van der Waals surface area contributed by atoms with Crippen molar-refractivity contribution in [2.75, 3.05) is 0 Å². The van der Waals surface area contributed by atoms with Crippen molar-refractivity contribution in [3.63, 3.8) is 0 Å². The molecule has 0 saturated carbocycles. The molecule has 0 aromatic rings. The molecule has 11 heavy (non-hydrogen) atoms. The van der Waals surface area contributed by atoms with Crippen LogP contribution in [0.4, 0.5) is 8.78 Å². The first-order valence-corrected chi connectivity index (χ1v) is 3.31. The monoisotopic (exact) mass is 160 g/mol. The van der Waals surface area contributed by atoms with Crippen LogP contribution in [0.5, 0.6) is 0 Å². The van der Waals surface area contributed by atoms with Gasteiger partial charge in [0, 0.05) is 6.42 Å². The van der Waals surface area contributed by atoms with E-state index in [0.29, 0.717) is 0 Å². The zero-order valence-electron chi connectivity index (χ0n) is 6.36. The lowest BCUT2D eigenvalue weighted by Gasteiger charge is -1.97. The second kappa shape index (κ2) is 4.77. The Morgan fingerprint density at radius 1 is 1.55 bits per heavy atom. The van der Waals surface area contributed by atoms with Crippen molar-refractivity contribution in [2.24, 2.45) is 0 Å². The predicted octanol–water partition coefficient (Wildman–Crippen LogP) is 2.69. The number of rotatable bonds is 4. The third-order valence-electron chi connectivity index (χ3n) is 1.25. The fourth-order valence-electron chi connectivity index (χ4n) is 0.690. The lowest BCUT2D eigenvalue weighted by molar-refractivity contribution is -0.115. The summed E-state index contributed by atoms with van der Waals surface area (Å²) in [5.41, 5.74) is -0.384. The standard InChI is InChI=1S/C8H10F2O/c1-3-5-7(11)6(4-2)8(9)10/h3H,1,4-5H2,2H3. The van der Waals surface area contributed by atoms with E-state index in [-0.39, 0.29) is 18.4 Å². The van der Waals surface area contributed by atoms with E-state index in [9.17, 15) is 13.6 Å². The van der Waals surface area contributed by atoms with E-state index >= 15 is 0 Å². The largest absolute Gasteiger partial charge is 0.294 e. The molecule has 1 nitrogen and oxygen atoms in total. The first-order chi connectivity index (χ1) is 5.13. The highest BCUT2D eigenvalue weighted by molar-refractivity contribution is 5.96. The average molecular weight is 160 g/mol. The summed E-state index contributed by atoms with van der Waals surface area (Å²) in [6, 6.07) is 0. The van der Waals surface area contributed by atoms with Crippen molar-refractivity contribution in [1.29, 1.82) is 0 Å². The van der Waals surface area contributed by atoms with Gasteiger partial charge >= 0.3 is 0 Å². The molecule has 0 bridgehead atoms. The molecular weight excluding hydrogens is 150 g/mol. The van der Waals surface area contributed by atoms with Gasteiger partial charge in [-0.05, 0) is 6.42 Å². The molecular formula is C8H10F2O. The minimum absolute atomic E-state index is 0.0134. The van der Waals surface area contributed by atoms with Crippen LogP contribution in [0.15, 0.2) is 24.3 Å². The lowest BCUT2D eigenvalue weighted by atomic mass is 10.1. The maximum absolute atomic E-state index is 11.9. The van der Waals surface area contributed by atoms with Crippen LogP contribution in [0, 0.1) is 0 Å². The summed E-state index contributed by atoms with van der Waals surface area (Å²) in [7, 11) is 0. The maximum Gasteiger partial charge on any atom is 0.277 e. The Morgan fingerprint density at radius 2 is 2.09 bits per heavy atom. The zero-order chi connectivity index (χ0) is 8.85. The lowest BCUT2D eigenvalue weighted by Crippen LogP contribution is -2.00. The Bertz CT molecular complexity index is 190. The van der Waals surface area contributed by atoms with Gasteiger partial charge in [0.25, 0.3) is 6.08 Å². The first-order valence-electron chi connectivity index (χ1n) is 3.31. The van der Waals surface area contributed by atoms with Crippen LogP contribution in [0.1, 0.15) is 19.8 Å². The van der Waals surface area contributed by atoms with Crippen molar-refractivity contribution in [1.82, 2.24) is 0 Å². The molecule has 0 unspecified atom stereocenters. The molecule has 0 aliphatic heterocycles. The van der Waals surface area contributed by atoms with Crippen molar-refractivity contribution < 1.29 is 13.6 Å². The summed E-state index contributed by atoms with van der Waals surface area (Å²) in [5.74, 6) is -0.539. The van der Waals surface area contributed by atoms with E-state index in [2.05, 4.69) is 6.58 Å². The van der Waals surface area contributed by atoms with Crippen molar-refractivity contribution in [3.8, 4) is 0 Å². The third kappa shape index (κ3) is 3.07. The molecule has 0 radical (unpaired) electrons. The van der Waals surface area contributed by atoms with Gasteiger partial charge in [-0.2, -0.15) is 8.78 Å². The Morgan fingerprint density at radius 3 is 2.36 bits per heavy atom. The normalized spacial score (nSPS) is 9.00. The zero-order valence-corrected chi connectivity index (χ0v) is 6.36. The molecule has 0 heterocycles. The van der Waals surface area contributed by atoms with Crippen molar-refractivity contribution in [2.45, 2.75) is 19.8 Å². The summed E-state index contributed by atoms with van der Waals surface area (Å²) in [6.07, 6.45) is -0.490. The molecule has 0 spiro atoms. The second-order valence-electron chi connectivity index (χ2n) is 2.01. The van der Waals surface area contributed by atoms with Gasteiger partial charge in [-0.3, -0.25) is 4.79 Å². The van der Waals surface area contributed by atoms with Crippen LogP contribution in [0.25, 0.3) is 0 Å². The number of carbonyl (C=O) groups excluding carboxylic acids is 1. The van der Waals surface area contributed by atoms with E-state index in [1.165, 1.54) is 13.0 Å². The summed E-state index contributed by atoms with van der Waals surface area (Å²) in [4.78, 5) is 10.8.